The molecule has 0 atom stereocenters. The standard InChI is InChI=1S/C26H53/c1-5-9-13-17-21-25(22-18-14-10-6-2)26(23-19-15-11-7-3)24-20-16-12-8-4/h25H,5-24H2,1-4H3. The van der Waals surface area contributed by atoms with Crippen molar-refractivity contribution in [3.63, 3.8) is 0 Å². The van der Waals surface area contributed by atoms with Crippen LogP contribution in [-0.2, 0) is 0 Å². The molecular weight excluding hydrogens is 312 g/mol. The van der Waals surface area contributed by atoms with Gasteiger partial charge in [-0.1, -0.05) is 130 Å². The van der Waals surface area contributed by atoms with Crippen LogP contribution in [0.5, 0.6) is 0 Å². The lowest BCUT2D eigenvalue weighted by Crippen LogP contribution is -2.14. The van der Waals surface area contributed by atoms with Crippen LogP contribution in [0.2, 0.25) is 0 Å². The topological polar surface area (TPSA) is 0 Å². The second kappa shape index (κ2) is 21.3. The molecule has 0 nitrogen and oxygen atoms in total. The lowest BCUT2D eigenvalue weighted by molar-refractivity contribution is 0.374. The summed E-state index contributed by atoms with van der Waals surface area (Å²) in [5.41, 5.74) is 0. The van der Waals surface area contributed by atoms with E-state index < -0.39 is 0 Å². The highest BCUT2D eigenvalue weighted by atomic mass is 14.3. The summed E-state index contributed by atoms with van der Waals surface area (Å²) >= 11 is 0. The van der Waals surface area contributed by atoms with Crippen LogP contribution in [0.4, 0.5) is 0 Å². The van der Waals surface area contributed by atoms with Gasteiger partial charge in [0.05, 0.1) is 0 Å². The number of hydrogen-bond acceptors (Lipinski definition) is 0. The van der Waals surface area contributed by atoms with Crippen LogP contribution < -0.4 is 0 Å². The molecule has 0 N–H and O–H groups in total. The molecule has 0 aromatic carbocycles. The lowest BCUT2D eigenvalue weighted by atomic mass is 9.78. The molecule has 0 bridgehead atoms. The molecule has 0 saturated carbocycles. The third kappa shape index (κ3) is 16.2. The first-order chi connectivity index (χ1) is 12.8. The quantitative estimate of drug-likeness (QED) is 0.177. The zero-order valence-electron chi connectivity index (χ0n) is 19.2. The van der Waals surface area contributed by atoms with Gasteiger partial charge in [0.2, 0.25) is 0 Å². The molecule has 0 unspecified atom stereocenters. The molecule has 0 aromatic rings. The van der Waals surface area contributed by atoms with E-state index in [0.29, 0.717) is 0 Å². The van der Waals surface area contributed by atoms with E-state index in [1.54, 1.807) is 0 Å². The minimum atomic E-state index is 0.951. The van der Waals surface area contributed by atoms with Gasteiger partial charge in [-0.3, -0.25) is 0 Å². The zero-order chi connectivity index (χ0) is 19.3. The fraction of sp³-hybridized carbons (Fsp3) is 0.962. The minimum absolute atomic E-state index is 0.951. The van der Waals surface area contributed by atoms with E-state index in [1.165, 1.54) is 128 Å². The Labute approximate surface area is 168 Å². The molecule has 0 fully saturated rings. The van der Waals surface area contributed by atoms with Crippen molar-refractivity contribution in [1.29, 1.82) is 0 Å². The van der Waals surface area contributed by atoms with Gasteiger partial charge in [-0.25, -0.2) is 0 Å². The van der Waals surface area contributed by atoms with Crippen LogP contribution in [0.25, 0.3) is 0 Å². The maximum atomic E-state index is 2.33. The highest BCUT2D eigenvalue weighted by molar-refractivity contribution is 4.96. The van der Waals surface area contributed by atoms with Crippen molar-refractivity contribution in [1.82, 2.24) is 0 Å². The van der Waals surface area contributed by atoms with Gasteiger partial charge in [-0.05, 0) is 37.5 Å². The van der Waals surface area contributed by atoms with Gasteiger partial charge < -0.3 is 0 Å². The molecular formula is C26H53. The largest absolute Gasteiger partial charge is 0.0654 e. The molecule has 0 spiro atoms. The predicted molar refractivity (Wildman–Crippen MR) is 122 cm³/mol. The van der Waals surface area contributed by atoms with Crippen molar-refractivity contribution < 1.29 is 0 Å². The summed E-state index contributed by atoms with van der Waals surface area (Å²) in [4.78, 5) is 0. The summed E-state index contributed by atoms with van der Waals surface area (Å²) in [6.45, 7) is 9.34. The van der Waals surface area contributed by atoms with Gasteiger partial charge >= 0.3 is 0 Å². The van der Waals surface area contributed by atoms with Crippen LogP contribution in [0, 0.1) is 11.8 Å². The Morgan fingerprint density at radius 3 is 1.12 bits per heavy atom. The van der Waals surface area contributed by atoms with E-state index in [4.69, 9.17) is 0 Å². The molecule has 157 valence electrons. The third-order valence-electron chi connectivity index (χ3n) is 6.09. The summed E-state index contributed by atoms with van der Waals surface area (Å²) in [5.74, 6) is 2.93. The normalized spacial score (nSPS) is 11.8. The maximum absolute atomic E-state index is 2.33. The van der Waals surface area contributed by atoms with Crippen LogP contribution in [0.3, 0.4) is 0 Å². The Morgan fingerprint density at radius 2 is 0.769 bits per heavy atom. The first-order valence-electron chi connectivity index (χ1n) is 12.6. The number of rotatable bonds is 21. The minimum Gasteiger partial charge on any atom is -0.0654 e. The fourth-order valence-corrected chi connectivity index (χ4v) is 4.28. The molecule has 0 aliphatic carbocycles. The van der Waals surface area contributed by atoms with Crippen molar-refractivity contribution in [2.75, 3.05) is 0 Å². The highest BCUT2D eigenvalue weighted by Crippen LogP contribution is 2.35. The molecule has 0 amide bonds. The maximum Gasteiger partial charge on any atom is -0.0210 e. The van der Waals surface area contributed by atoms with Crippen LogP contribution in [-0.4, -0.2) is 0 Å². The molecule has 0 rings (SSSR count). The molecule has 0 saturated heterocycles. The summed E-state index contributed by atoms with van der Waals surface area (Å²) in [7, 11) is 0. The van der Waals surface area contributed by atoms with Crippen molar-refractivity contribution in [2.24, 2.45) is 5.92 Å². The number of unbranched alkanes of at least 4 members (excludes halogenated alkanes) is 12. The predicted octanol–water partition coefficient (Wildman–Crippen LogP) is 10.1. The Hall–Kier alpha value is 0. The zero-order valence-corrected chi connectivity index (χ0v) is 19.2. The summed E-state index contributed by atoms with van der Waals surface area (Å²) in [6, 6.07) is 0. The molecule has 1 radical (unpaired) electrons. The molecule has 26 heavy (non-hydrogen) atoms. The number of hydrogen-bond donors (Lipinski definition) is 0. The molecule has 0 aromatic heterocycles. The van der Waals surface area contributed by atoms with Crippen LogP contribution in [0.15, 0.2) is 0 Å². The average Bonchev–Trinajstić information content (AvgIpc) is 2.66. The summed E-state index contributed by atoms with van der Waals surface area (Å²) < 4.78 is 0. The van der Waals surface area contributed by atoms with Gasteiger partial charge in [0.15, 0.2) is 0 Å². The Balaban J connectivity index is 4.52. The van der Waals surface area contributed by atoms with E-state index >= 15 is 0 Å². The van der Waals surface area contributed by atoms with Crippen molar-refractivity contribution in [2.45, 2.75) is 156 Å². The molecule has 0 heteroatoms. The monoisotopic (exact) mass is 365 g/mol. The second-order valence-corrected chi connectivity index (χ2v) is 8.68. The van der Waals surface area contributed by atoms with E-state index in [1.807, 2.05) is 5.92 Å². The van der Waals surface area contributed by atoms with E-state index in [-0.39, 0.29) is 0 Å². The summed E-state index contributed by atoms with van der Waals surface area (Å²) in [6.07, 6.45) is 28.7. The van der Waals surface area contributed by atoms with Gasteiger partial charge in [0.25, 0.3) is 0 Å². The average molecular weight is 366 g/mol. The lowest BCUT2D eigenvalue weighted by Gasteiger charge is -2.27. The van der Waals surface area contributed by atoms with Crippen LogP contribution >= 0.6 is 0 Å². The highest BCUT2D eigenvalue weighted by Gasteiger charge is 2.21. The van der Waals surface area contributed by atoms with E-state index in [0.717, 1.165) is 5.92 Å². The van der Waals surface area contributed by atoms with Gasteiger partial charge in [0.1, 0.15) is 0 Å². The van der Waals surface area contributed by atoms with Crippen molar-refractivity contribution in [3.8, 4) is 0 Å². The molecule has 0 aliphatic rings. The molecule has 0 aliphatic heterocycles. The van der Waals surface area contributed by atoms with Crippen LogP contribution in [0.1, 0.15) is 156 Å². The fourth-order valence-electron chi connectivity index (χ4n) is 4.28. The first kappa shape index (κ1) is 26.0. The Kier molecular flexibility index (Phi) is 21.3. The van der Waals surface area contributed by atoms with Gasteiger partial charge in [0, 0.05) is 0 Å². The van der Waals surface area contributed by atoms with Crippen molar-refractivity contribution in [3.05, 3.63) is 5.92 Å². The van der Waals surface area contributed by atoms with E-state index in [2.05, 4.69) is 27.7 Å². The van der Waals surface area contributed by atoms with Gasteiger partial charge in [-0.15, -0.1) is 0 Å². The Bertz CT molecular complexity index is 194. The SMILES string of the molecule is CCCCCC[C](CCCCCC)C(CCCCCC)CCCCCC. The van der Waals surface area contributed by atoms with Gasteiger partial charge in [-0.2, -0.15) is 0 Å². The Morgan fingerprint density at radius 1 is 0.423 bits per heavy atom. The smallest absolute Gasteiger partial charge is 0.0210 e. The van der Waals surface area contributed by atoms with Crippen molar-refractivity contribution >= 4 is 0 Å². The second-order valence-electron chi connectivity index (χ2n) is 8.68. The first-order valence-corrected chi connectivity index (χ1v) is 12.6. The third-order valence-corrected chi connectivity index (χ3v) is 6.09. The summed E-state index contributed by atoms with van der Waals surface area (Å²) in [5, 5.41) is 0. The molecule has 0 heterocycles. The van der Waals surface area contributed by atoms with E-state index in [9.17, 15) is 0 Å².